The molecular weight excluding hydrogens is 688 g/mol. The van der Waals surface area contributed by atoms with Crippen molar-refractivity contribution in [3.05, 3.63) is 0 Å². The Hall–Kier alpha value is -3.82. The van der Waals surface area contributed by atoms with Crippen molar-refractivity contribution >= 4 is 36.1 Å². The summed E-state index contributed by atoms with van der Waals surface area (Å²) < 4.78 is 20.6. The van der Waals surface area contributed by atoms with Crippen molar-refractivity contribution in [2.24, 2.45) is 5.73 Å². The topological polar surface area (TPSA) is 226 Å². The molecule has 5 amide bonds. The fourth-order valence-electron chi connectivity index (χ4n) is 4.95. The van der Waals surface area contributed by atoms with Crippen LogP contribution in [0.1, 0.15) is 139 Å². The number of alkyl carbamates (subject to hydrolysis) is 3. The molecule has 16 nitrogen and oxygen atoms in total. The van der Waals surface area contributed by atoms with E-state index in [-0.39, 0.29) is 31.1 Å². The molecule has 0 aliphatic carbocycles. The number of esters is 1. The summed E-state index contributed by atoms with van der Waals surface area (Å²) in [6, 6.07) is -1.45. The number of methoxy groups -OCH3 is 1. The van der Waals surface area contributed by atoms with Crippen molar-refractivity contribution in [2.45, 2.75) is 174 Å². The third-order valence-corrected chi connectivity index (χ3v) is 7.22. The van der Waals surface area contributed by atoms with Gasteiger partial charge in [-0.1, -0.05) is 6.42 Å². The molecule has 308 valence electrons. The summed E-state index contributed by atoms with van der Waals surface area (Å²) in [5.41, 5.74) is 4.44. The average Bonchev–Trinajstić information content (AvgIpc) is 2.97. The molecule has 53 heavy (non-hydrogen) atoms. The van der Waals surface area contributed by atoms with E-state index in [9.17, 15) is 28.8 Å². The minimum absolute atomic E-state index is 0.0305. The van der Waals surface area contributed by atoms with E-state index in [1.165, 1.54) is 7.11 Å². The van der Waals surface area contributed by atoms with Crippen LogP contribution in [0.2, 0.25) is 0 Å². The van der Waals surface area contributed by atoms with Gasteiger partial charge in [0.05, 0.1) is 13.5 Å². The molecule has 0 fully saturated rings. The van der Waals surface area contributed by atoms with Gasteiger partial charge in [0.25, 0.3) is 0 Å². The number of carbonyl (C=O) groups excluding carboxylic acids is 6. The maximum Gasteiger partial charge on any atom is 0.407 e. The number of nitrogens with two attached hydrogens (primary N) is 1. The Bertz CT molecular complexity index is 1130. The van der Waals surface area contributed by atoms with Crippen molar-refractivity contribution in [3.63, 3.8) is 0 Å². The quantitative estimate of drug-likeness (QED) is 0.0475. The molecule has 0 aromatic carbocycles. The number of unbranched alkanes of at least 4 members (excludes halogenated alkanes) is 3. The van der Waals surface area contributed by atoms with Crippen LogP contribution in [0, 0.1) is 0 Å². The van der Waals surface area contributed by atoms with Gasteiger partial charge in [0.1, 0.15) is 16.8 Å². The molecule has 0 saturated carbocycles. The first-order valence-electron chi connectivity index (χ1n) is 18.8. The third-order valence-electron chi connectivity index (χ3n) is 7.22. The van der Waals surface area contributed by atoms with Crippen LogP contribution in [0.5, 0.6) is 0 Å². The Morgan fingerprint density at radius 3 is 1.21 bits per heavy atom. The van der Waals surface area contributed by atoms with Gasteiger partial charge in [-0.2, -0.15) is 0 Å². The maximum atomic E-state index is 13.3. The first-order valence-corrected chi connectivity index (χ1v) is 18.8. The number of amides is 5. The molecule has 0 spiro atoms. The fourth-order valence-corrected chi connectivity index (χ4v) is 4.95. The first-order chi connectivity index (χ1) is 24.5. The van der Waals surface area contributed by atoms with Gasteiger partial charge >= 0.3 is 24.2 Å². The molecule has 0 saturated heterocycles. The summed E-state index contributed by atoms with van der Waals surface area (Å²) in [6.45, 7) is 17.2. The van der Waals surface area contributed by atoms with Crippen LogP contribution in [0.15, 0.2) is 0 Å². The Labute approximate surface area is 316 Å². The van der Waals surface area contributed by atoms with Crippen LogP contribution in [0.3, 0.4) is 0 Å². The number of carbonyl (C=O) groups is 6. The monoisotopic (exact) mass is 759 g/mol. The van der Waals surface area contributed by atoms with Crippen LogP contribution >= 0.6 is 0 Å². The highest BCUT2D eigenvalue weighted by atomic mass is 16.6. The maximum absolute atomic E-state index is 13.3. The van der Waals surface area contributed by atoms with E-state index < -0.39 is 59.2 Å². The van der Waals surface area contributed by atoms with Gasteiger partial charge in [-0.15, -0.1) is 0 Å². The molecule has 0 heterocycles. The molecule has 7 N–H and O–H groups in total. The molecule has 0 radical (unpaired) electrons. The minimum atomic E-state index is -0.618. The number of hydrogen-bond acceptors (Lipinski definition) is 11. The largest absolute Gasteiger partial charge is 0.469 e. The number of ether oxygens (including phenoxy) is 4. The van der Waals surface area contributed by atoms with Gasteiger partial charge in [-0.25, -0.2) is 14.4 Å². The van der Waals surface area contributed by atoms with Crippen LogP contribution in [0.25, 0.3) is 0 Å². The summed E-state index contributed by atoms with van der Waals surface area (Å²) in [5.74, 6) is -1.11. The van der Waals surface area contributed by atoms with Crippen molar-refractivity contribution in [2.75, 3.05) is 26.7 Å². The van der Waals surface area contributed by atoms with Crippen LogP contribution in [-0.2, 0) is 33.3 Å². The number of hydrogen-bond donors (Lipinski definition) is 6. The van der Waals surface area contributed by atoms with E-state index in [1.54, 1.807) is 62.3 Å². The minimum Gasteiger partial charge on any atom is -0.469 e. The van der Waals surface area contributed by atoms with E-state index in [0.29, 0.717) is 77.4 Å². The predicted octanol–water partition coefficient (Wildman–Crippen LogP) is 4.71. The SMILES string of the molecule is COC(=O)CC(CCCCNC(=O)OC(C)(C)C)NC(=O)CC(CCCCNC(=O)OC(C)(C)C)NC(=O)CC(N)CCCCNC(=O)OC(C)(C)C. The first kappa shape index (κ1) is 49.2. The molecule has 0 bridgehead atoms. The summed E-state index contributed by atoms with van der Waals surface area (Å²) in [5, 5.41) is 14.0. The Morgan fingerprint density at radius 1 is 0.509 bits per heavy atom. The summed E-state index contributed by atoms with van der Waals surface area (Å²) in [7, 11) is 1.28. The van der Waals surface area contributed by atoms with Gasteiger partial charge in [-0.3, -0.25) is 14.4 Å². The lowest BCUT2D eigenvalue weighted by atomic mass is 10.0. The molecule has 0 aromatic heterocycles. The van der Waals surface area contributed by atoms with Crippen molar-refractivity contribution < 1.29 is 47.7 Å². The van der Waals surface area contributed by atoms with Gasteiger partial charge in [0.2, 0.25) is 11.8 Å². The number of rotatable bonds is 23. The van der Waals surface area contributed by atoms with Crippen molar-refractivity contribution in [1.29, 1.82) is 0 Å². The zero-order valence-corrected chi connectivity index (χ0v) is 34.0. The van der Waals surface area contributed by atoms with Crippen LogP contribution < -0.4 is 32.3 Å². The van der Waals surface area contributed by atoms with E-state index in [0.717, 1.165) is 0 Å². The van der Waals surface area contributed by atoms with E-state index in [1.807, 2.05) is 0 Å². The van der Waals surface area contributed by atoms with Crippen LogP contribution in [-0.4, -0.2) is 97.7 Å². The van der Waals surface area contributed by atoms with Gasteiger partial charge < -0.3 is 51.3 Å². The Morgan fingerprint density at radius 2 is 0.849 bits per heavy atom. The standard InChI is InChI=1S/C37H70N6O10/c1-35(2,3)51-32(47)39-20-14-11-17-26(38)23-29(44)42-27(18-12-15-21-40-33(48)52-36(4,5)6)24-30(45)43-28(25-31(46)50-10)19-13-16-22-41-34(49)53-37(7,8)9/h26-28H,11-25,38H2,1-10H3,(H,39,47)(H,40,48)(H,41,49)(H,42,44)(H,43,45). The molecule has 0 aromatic rings. The van der Waals surface area contributed by atoms with Crippen molar-refractivity contribution in [1.82, 2.24) is 26.6 Å². The molecule has 0 aliphatic rings. The lowest BCUT2D eigenvalue weighted by Gasteiger charge is -2.23. The summed E-state index contributed by atoms with van der Waals surface area (Å²) in [4.78, 5) is 74.1. The molecule has 0 rings (SSSR count). The highest BCUT2D eigenvalue weighted by Crippen LogP contribution is 2.12. The fraction of sp³-hybridized carbons (Fsp3) is 0.838. The third kappa shape index (κ3) is 31.4. The summed E-state index contributed by atoms with van der Waals surface area (Å²) >= 11 is 0. The lowest BCUT2D eigenvalue weighted by Crippen LogP contribution is -2.44. The second kappa shape index (κ2) is 25.2. The molecular formula is C37H70N6O10. The van der Waals surface area contributed by atoms with Gasteiger partial charge in [0, 0.05) is 50.6 Å². The van der Waals surface area contributed by atoms with E-state index >= 15 is 0 Å². The molecule has 0 aliphatic heterocycles. The highest BCUT2D eigenvalue weighted by Gasteiger charge is 2.23. The average molecular weight is 759 g/mol. The second-order valence-electron chi connectivity index (χ2n) is 16.3. The number of nitrogens with one attached hydrogen (secondary N) is 5. The second-order valence-corrected chi connectivity index (χ2v) is 16.3. The van der Waals surface area contributed by atoms with E-state index in [2.05, 4.69) is 26.6 Å². The zero-order valence-electron chi connectivity index (χ0n) is 34.0. The van der Waals surface area contributed by atoms with Crippen LogP contribution in [0.4, 0.5) is 14.4 Å². The normalized spacial score (nSPS) is 13.4. The zero-order chi connectivity index (χ0) is 40.7. The van der Waals surface area contributed by atoms with Gasteiger partial charge in [0.15, 0.2) is 0 Å². The predicted molar refractivity (Wildman–Crippen MR) is 202 cm³/mol. The molecule has 3 unspecified atom stereocenters. The molecule has 16 heteroatoms. The van der Waals surface area contributed by atoms with E-state index in [4.69, 9.17) is 24.7 Å². The lowest BCUT2D eigenvalue weighted by molar-refractivity contribution is -0.141. The Kier molecular flexibility index (Phi) is 23.4. The van der Waals surface area contributed by atoms with Crippen molar-refractivity contribution in [3.8, 4) is 0 Å². The molecule has 3 atom stereocenters. The smallest absolute Gasteiger partial charge is 0.407 e. The summed E-state index contributed by atoms with van der Waals surface area (Å²) in [6.07, 6.45) is 3.72. The Balaban J connectivity index is 5.17. The highest BCUT2D eigenvalue weighted by molar-refractivity contribution is 5.80. The van der Waals surface area contributed by atoms with Gasteiger partial charge in [-0.05, 0) is 114 Å².